The smallest absolute Gasteiger partial charge is 0.262 e. The molecule has 58 heavy (non-hydrogen) atoms. The highest BCUT2D eigenvalue weighted by Gasteiger charge is 2.46. The molecule has 304 valence electrons. The number of pyridine rings is 2. The van der Waals surface area contributed by atoms with Crippen molar-refractivity contribution in [3.8, 4) is 22.6 Å². The van der Waals surface area contributed by atoms with E-state index in [0.29, 0.717) is 23.1 Å². The number of amides is 4. The van der Waals surface area contributed by atoms with Crippen LogP contribution in [-0.4, -0.2) is 114 Å². The molecule has 1 spiro atoms. The van der Waals surface area contributed by atoms with Crippen LogP contribution in [0.5, 0.6) is 11.5 Å². The lowest BCUT2D eigenvalue weighted by Gasteiger charge is -2.39. The van der Waals surface area contributed by atoms with E-state index in [2.05, 4.69) is 32.0 Å². The number of piperidine rings is 2. The fourth-order valence-electron chi connectivity index (χ4n) is 9.37. The first-order valence-electron chi connectivity index (χ1n) is 20.2. The molecule has 4 aliphatic rings. The summed E-state index contributed by atoms with van der Waals surface area (Å²) in [6.45, 7) is 6.58. The van der Waals surface area contributed by atoms with Gasteiger partial charge in [0, 0.05) is 62.9 Å². The Balaban J connectivity index is 0.821. The van der Waals surface area contributed by atoms with Crippen LogP contribution in [0.1, 0.15) is 71.2 Å². The number of imide groups is 2. The van der Waals surface area contributed by atoms with Crippen LogP contribution in [0.15, 0.2) is 59.8 Å². The highest BCUT2D eigenvalue weighted by Crippen LogP contribution is 2.43. The van der Waals surface area contributed by atoms with E-state index in [9.17, 15) is 24.0 Å². The molecule has 1 unspecified atom stereocenters. The summed E-state index contributed by atoms with van der Waals surface area (Å²) in [7, 11) is 7.22. The van der Waals surface area contributed by atoms with Crippen molar-refractivity contribution in [3.63, 3.8) is 0 Å². The van der Waals surface area contributed by atoms with E-state index < -0.39 is 23.8 Å². The SMILES string of the molecule is COc1cc(-c2cn(C)c(=O)c3cnccc23)cc(OC)c1CN(C)CCCCN1CCC2(CC1)CCN(c1ccc3c(c1)C(=O)N(C1CCC(=O)NC1=O)C3=O)C2. The van der Waals surface area contributed by atoms with Crippen LogP contribution >= 0.6 is 0 Å². The van der Waals surface area contributed by atoms with Gasteiger partial charge >= 0.3 is 0 Å². The Morgan fingerprint density at radius 2 is 1.60 bits per heavy atom. The molecule has 1 atom stereocenters. The molecule has 2 aromatic heterocycles. The monoisotopic (exact) mass is 789 g/mol. The maximum atomic E-state index is 13.4. The zero-order chi connectivity index (χ0) is 40.7. The number of rotatable bonds is 12. The predicted molar refractivity (Wildman–Crippen MR) is 219 cm³/mol. The maximum Gasteiger partial charge on any atom is 0.262 e. The van der Waals surface area contributed by atoms with E-state index in [0.717, 1.165) is 116 Å². The Kier molecular flexibility index (Phi) is 10.8. The van der Waals surface area contributed by atoms with Crippen LogP contribution in [0, 0.1) is 5.41 Å². The molecular weight excluding hydrogens is 739 g/mol. The highest BCUT2D eigenvalue weighted by atomic mass is 16.5. The molecule has 4 aliphatic heterocycles. The minimum Gasteiger partial charge on any atom is -0.496 e. The summed E-state index contributed by atoms with van der Waals surface area (Å²) in [4.78, 5) is 75.9. The van der Waals surface area contributed by atoms with Crippen LogP contribution < -0.4 is 25.2 Å². The van der Waals surface area contributed by atoms with Crippen molar-refractivity contribution in [1.29, 1.82) is 0 Å². The van der Waals surface area contributed by atoms with Crippen LogP contribution in [0.3, 0.4) is 0 Å². The first-order valence-corrected chi connectivity index (χ1v) is 20.2. The lowest BCUT2D eigenvalue weighted by atomic mass is 9.77. The third kappa shape index (κ3) is 7.35. The molecule has 2 aromatic carbocycles. The van der Waals surface area contributed by atoms with Crippen LogP contribution in [0.4, 0.5) is 5.69 Å². The number of carbonyl (C=O) groups is 4. The van der Waals surface area contributed by atoms with Gasteiger partial charge in [-0.05, 0) is 125 Å². The predicted octanol–water partition coefficient (Wildman–Crippen LogP) is 4.22. The van der Waals surface area contributed by atoms with E-state index in [1.54, 1.807) is 44.3 Å². The second-order valence-corrected chi connectivity index (χ2v) is 16.4. The lowest BCUT2D eigenvalue weighted by molar-refractivity contribution is -0.136. The van der Waals surface area contributed by atoms with Crippen molar-refractivity contribution in [2.45, 2.75) is 57.5 Å². The fourth-order valence-corrected chi connectivity index (χ4v) is 9.37. The molecule has 4 amide bonds. The zero-order valence-electron chi connectivity index (χ0n) is 33.7. The number of ether oxygens (including phenoxy) is 2. The molecule has 8 rings (SSSR count). The van der Waals surface area contributed by atoms with Crippen LogP contribution in [0.25, 0.3) is 21.9 Å². The first-order chi connectivity index (χ1) is 28.0. The molecule has 0 bridgehead atoms. The first kappa shape index (κ1) is 39.2. The minimum atomic E-state index is -0.965. The lowest BCUT2D eigenvalue weighted by Crippen LogP contribution is -2.54. The Labute approximate surface area is 337 Å². The number of aryl methyl sites for hydroxylation is 1. The number of nitrogens with zero attached hydrogens (tertiary/aromatic N) is 6. The average molecular weight is 790 g/mol. The van der Waals surface area contributed by atoms with Gasteiger partial charge in [-0.1, -0.05) is 0 Å². The van der Waals surface area contributed by atoms with Gasteiger partial charge < -0.3 is 28.7 Å². The van der Waals surface area contributed by atoms with E-state index in [4.69, 9.17) is 9.47 Å². The second kappa shape index (κ2) is 16.0. The summed E-state index contributed by atoms with van der Waals surface area (Å²) in [6, 6.07) is 10.4. The molecule has 4 aromatic rings. The van der Waals surface area contributed by atoms with Gasteiger partial charge in [0.2, 0.25) is 11.8 Å². The van der Waals surface area contributed by atoms with E-state index >= 15 is 0 Å². The Bertz CT molecular complexity index is 2330. The number of nitrogens with one attached hydrogen (secondary N) is 1. The number of carbonyl (C=O) groups excluding carboxylic acids is 4. The third-order valence-corrected chi connectivity index (χ3v) is 12.7. The summed E-state index contributed by atoms with van der Waals surface area (Å²) in [5.41, 5.74) is 4.49. The summed E-state index contributed by atoms with van der Waals surface area (Å²) in [5.74, 6) is -0.452. The van der Waals surface area contributed by atoms with E-state index in [1.165, 1.54) is 0 Å². The number of unbranched alkanes of at least 4 members (excludes halogenated alkanes) is 1. The Morgan fingerprint density at radius 1 is 0.879 bits per heavy atom. The number of aromatic nitrogens is 2. The van der Waals surface area contributed by atoms with Crippen molar-refractivity contribution in [2.75, 3.05) is 65.4 Å². The Hall–Kier alpha value is -5.60. The van der Waals surface area contributed by atoms with Gasteiger partial charge in [0.15, 0.2) is 0 Å². The molecule has 14 nitrogen and oxygen atoms in total. The van der Waals surface area contributed by atoms with Gasteiger partial charge in [-0.2, -0.15) is 0 Å². The summed E-state index contributed by atoms with van der Waals surface area (Å²) >= 11 is 0. The number of fused-ring (bicyclic) bond motifs is 2. The third-order valence-electron chi connectivity index (χ3n) is 12.7. The van der Waals surface area contributed by atoms with E-state index in [1.807, 2.05) is 36.5 Å². The second-order valence-electron chi connectivity index (χ2n) is 16.4. The normalized spacial score (nSPS) is 19.4. The summed E-state index contributed by atoms with van der Waals surface area (Å²) in [5, 5.41) is 3.65. The maximum absolute atomic E-state index is 13.4. The summed E-state index contributed by atoms with van der Waals surface area (Å²) < 4.78 is 13.4. The molecule has 6 heterocycles. The number of likely N-dealkylation sites (tertiary alicyclic amines) is 1. The molecule has 0 saturated carbocycles. The highest BCUT2D eigenvalue weighted by molar-refractivity contribution is 6.23. The average Bonchev–Trinajstić information content (AvgIpc) is 3.75. The van der Waals surface area contributed by atoms with Crippen LogP contribution in [-0.2, 0) is 23.2 Å². The molecule has 0 radical (unpaired) electrons. The topological polar surface area (TPSA) is 147 Å². The number of hydrogen-bond donors (Lipinski definition) is 1. The van der Waals surface area contributed by atoms with Crippen molar-refractivity contribution in [2.24, 2.45) is 12.5 Å². The van der Waals surface area contributed by atoms with Gasteiger partial charge in [-0.15, -0.1) is 0 Å². The quantitative estimate of drug-likeness (QED) is 0.163. The van der Waals surface area contributed by atoms with Gasteiger partial charge in [0.05, 0.1) is 36.3 Å². The van der Waals surface area contributed by atoms with Crippen LogP contribution in [0.2, 0.25) is 0 Å². The van der Waals surface area contributed by atoms with Gasteiger partial charge in [-0.3, -0.25) is 39.2 Å². The number of benzene rings is 2. The molecule has 0 aliphatic carbocycles. The largest absolute Gasteiger partial charge is 0.496 e. The molecule has 3 saturated heterocycles. The molecule has 3 fully saturated rings. The van der Waals surface area contributed by atoms with Crippen molar-refractivity contribution < 1.29 is 28.7 Å². The molecule has 14 heteroatoms. The minimum absolute atomic E-state index is 0.0914. The summed E-state index contributed by atoms with van der Waals surface area (Å²) in [6.07, 6.45) is 10.9. The zero-order valence-corrected chi connectivity index (χ0v) is 33.7. The standard InChI is InChI=1S/C44H51N7O7/c1-47(25-35-37(57-3)21-28(22-38(35)58-4)34-26-48(2)41(54)33-24-45-15-11-30(33)34)16-5-6-17-49-18-12-44(13-19-49)14-20-50(27-44)29-7-8-31-32(23-29)43(56)51(42(31)55)36-9-10-39(52)46-40(36)53/h7-8,11,15,21-24,26,36H,5-6,9-10,12-14,16-20,25,27H2,1-4H3,(H,46,52,53). The van der Waals surface area contributed by atoms with Crippen molar-refractivity contribution >= 4 is 40.1 Å². The number of methoxy groups -OCH3 is 2. The number of hydrogen-bond acceptors (Lipinski definition) is 11. The van der Waals surface area contributed by atoms with Gasteiger partial charge in [0.1, 0.15) is 17.5 Å². The fraction of sp³-hybridized carbons (Fsp3) is 0.455. The van der Waals surface area contributed by atoms with Crippen molar-refractivity contribution in [3.05, 3.63) is 82.0 Å². The van der Waals surface area contributed by atoms with E-state index in [-0.39, 0.29) is 29.7 Å². The Morgan fingerprint density at radius 3 is 2.33 bits per heavy atom. The van der Waals surface area contributed by atoms with Gasteiger partial charge in [-0.25, -0.2) is 0 Å². The molecular formula is C44H51N7O7. The van der Waals surface area contributed by atoms with Crippen molar-refractivity contribution in [1.82, 2.24) is 29.6 Å². The van der Waals surface area contributed by atoms with Gasteiger partial charge in [0.25, 0.3) is 17.4 Å². The number of anilines is 1. The molecule has 1 N–H and O–H groups in total.